The molecule has 0 saturated carbocycles. The summed E-state index contributed by atoms with van der Waals surface area (Å²) in [6.45, 7) is 3.94. The molecule has 40 valence electrons. The number of nitrogens with one attached hydrogen (secondary N) is 1. The molecule has 0 amide bonds. The van der Waals surface area contributed by atoms with Crippen molar-refractivity contribution in [1.82, 2.24) is 5.32 Å². The van der Waals surface area contributed by atoms with Crippen LogP contribution in [0.3, 0.4) is 0 Å². The van der Waals surface area contributed by atoms with Crippen LogP contribution < -0.4 is 11.1 Å². The van der Waals surface area contributed by atoms with Crippen LogP contribution in [0.15, 0.2) is 24.9 Å². The van der Waals surface area contributed by atoms with Gasteiger partial charge in [0.25, 0.3) is 0 Å². The summed E-state index contributed by atoms with van der Waals surface area (Å²) in [4.78, 5) is 0. The lowest BCUT2D eigenvalue weighted by atomic mass is 10.6. The van der Waals surface area contributed by atoms with Crippen molar-refractivity contribution in [2.45, 2.75) is 0 Å². The molecule has 0 radical (unpaired) electrons. The topological polar surface area (TPSA) is 38.0 Å². The molecule has 0 aliphatic heterocycles. The molecule has 0 aromatic heterocycles. The third-order valence-electron chi connectivity index (χ3n) is 0.468. The first-order chi connectivity index (χ1) is 3.41. The van der Waals surface area contributed by atoms with Crippen molar-refractivity contribution in [3.05, 3.63) is 24.9 Å². The van der Waals surface area contributed by atoms with E-state index < -0.39 is 0 Å². The molecule has 2 heteroatoms. The van der Waals surface area contributed by atoms with Crippen LogP contribution in [0.1, 0.15) is 0 Å². The fourth-order valence-corrected chi connectivity index (χ4v) is 0.204. The minimum Gasteiger partial charge on any atom is -0.379 e. The number of hydrogen-bond donors (Lipinski definition) is 2. The summed E-state index contributed by atoms with van der Waals surface area (Å²) in [5.41, 5.74) is 5.07. The normalized spacial score (nSPS) is 9.29. The Hall–Kier alpha value is -0.760. The quantitative estimate of drug-likeness (QED) is 0.390. The molecule has 0 aliphatic carbocycles. The second kappa shape index (κ2) is 5.24. The highest BCUT2D eigenvalue weighted by Gasteiger charge is 1.59. The van der Waals surface area contributed by atoms with E-state index in [2.05, 4.69) is 11.9 Å². The Morgan fingerprint density at radius 1 is 1.71 bits per heavy atom. The number of hydrogen-bond acceptors (Lipinski definition) is 2. The van der Waals surface area contributed by atoms with Gasteiger partial charge in [0.1, 0.15) is 0 Å². The molecule has 0 aromatic carbocycles. The van der Waals surface area contributed by atoms with E-state index in [-0.39, 0.29) is 0 Å². The van der Waals surface area contributed by atoms with Crippen molar-refractivity contribution in [2.75, 3.05) is 6.67 Å². The highest BCUT2D eigenvalue weighted by atomic mass is 14.9. The van der Waals surface area contributed by atoms with Gasteiger partial charge in [-0.15, -0.1) is 0 Å². The molecule has 0 spiro atoms. The van der Waals surface area contributed by atoms with E-state index >= 15 is 0 Å². The maximum atomic E-state index is 5.07. The van der Waals surface area contributed by atoms with Gasteiger partial charge in [-0.05, 0) is 12.3 Å². The first-order valence-electron chi connectivity index (χ1n) is 2.13. The highest BCUT2D eigenvalue weighted by Crippen LogP contribution is 1.63. The lowest BCUT2D eigenvalue weighted by molar-refractivity contribution is 0.884. The smallest absolute Gasteiger partial charge is 0.0622 e. The molecule has 0 aromatic rings. The molecule has 0 fully saturated rings. The molecule has 0 atom stereocenters. The highest BCUT2D eigenvalue weighted by molar-refractivity contribution is 4.95. The lowest BCUT2D eigenvalue weighted by Gasteiger charge is -1.86. The summed E-state index contributed by atoms with van der Waals surface area (Å²) in [5.74, 6) is 0. The lowest BCUT2D eigenvalue weighted by Crippen LogP contribution is -2.15. The Morgan fingerprint density at radius 2 is 2.43 bits per heavy atom. The Kier molecular flexibility index (Phi) is 4.67. The van der Waals surface area contributed by atoms with Crippen LogP contribution >= 0.6 is 0 Å². The molecule has 7 heavy (non-hydrogen) atoms. The third kappa shape index (κ3) is 5.24. The molecular weight excluding hydrogens is 88.1 g/mol. The van der Waals surface area contributed by atoms with Crippen LogP contribution in [0.5, 0.6) is 0 Å². The van der Waals surface area contributed by atoms with E-state index in [0.29, 0.717) is 6.67 Å². The summed E-state index contributed by atoms with van der Waals surface area (Å²) in [7, 11) is 0. The molecule has 0 unspecified atom stereocenters. The van der Waals surface area contributed by atoms with Gasteiger partial charge in [-0.3, -0.25) is 0 Å². The van der Waals surface area contributed by atoms with Crippen molar-refractivity contribution in [3.8, 4) is 0 Å². The summed E-state index contributed by atoms with van der Waals surface area (Å²) < 4.78 is 0. The van der Waals surface area contributed by atoms with E-state index in [0.717, 1.165) is 0 Å². The van der Waals surface area contributed by atoms with Crippen LogP contribution in [0.2, 0.25) is 0 Å². The predicted octanol–water partition coefficient (Wildman–Crippen LogP) is 0.192. The number of rotatable bonds is 3. The summed E-state index contributed by atoms with van der Waals surface area (Å²) in [5, 5.41) is 2.78. The summed E-state index contributed by atoms with van der Waals surface area (Å²) >= 11 is 0. The average molecular weight is 98.1 g/mol. The first-order valence-corrected chi connectivity index (χ1v) is 2.13. The fraction of sp³-hybridized carbons (Fsp3) is 0.200. The number of allylic oxidation sites excluding steroid dienone is 2. The molecular formula is C5H10N2. The van der Waals surface area contributed by atoms with E-state index in [1.165, 1.54) is 0 Å². The monoisotopic (exact) mass is 98.1 g/mol. The Bertz CT molecular complexity index is 66.5. The minimum absolute atomic E-state index is 0.477. The van der Waals surface area contributed by atoms with Crippen LogP contribution in [-0.2, 0) is 0 Å². The zero-order valence-corrected chi connectivity index (χ0v) is 4.22. The van der Waals surface area contributed by atoms with Crippen LogP contribution in [0, 0.1) is 0 Å². The van der Waals surface area contributed by atoms with E-state index in [4.69, 9.17) is 5.73 Å². The molecule has 3 N–H and O–H groups in total. The standard InChI is InChI=1S/C5H10N2/c1-2-3-4-7-5-6/h2-4,7H,1,5-6H2/b4-3+. The SMILES string of the molecule is C=C/C=C/NCN. The summed E-state index contributed by atoms with van der Waals surface area (Å²) in [6.07, 6.45) is 5.21. The molecule has 0 aliphatic rings. The van der Waals surface area contributed by atoms with E-state index in [1.807, 2.05) is 0 Å². The molecule has 2 nitrogen and oxygen atoms in total. The van der Waals surface area contributed by atoms with Gasteiger partial charge in [-0.2, -0.15) is 0 Å². The zero-order chi connectivity index (χ0) is 5.54. The molecule has 0 bridgehead atoms. The van der Waals surface area contributed by atoms with Gasteiger partial charge < -0.3 is 11.1 Å². The van der Waals surface area contributed by atoms with Crippen molar-refractivity contribution >= 4 is 0 Å². The van der Waals surface area contributed by atoms with E-state index in [9.17, 15) is 0 Å². The maximum Gasteiger partial charge on any atom is 0.0622 e. The molecule has 0 rings (SSSR count). The molecule has 0 saturated heterocycles. The predicted molar refractivity (Wildman–Crippen MR) is 31.5 cm³/mol. The number of nitrogens with two attached hydrogens (primary N) is 1. The Labute approximate surface area is 43.7 Å². The second-order valence-electron chi connectivity index (χ2n) is 1.00. The van der Waals surface area contributed by atoms with Crippen molar-refractivity contribution < 1.29 is 0 Å². The van der Waals surface area contributed by atoms with Crippen LogP contribution in [-0.4, -0.2) is 6.67 Å². The average Bonchev–Trinajstić information content (AvgIpc) is 1.69. The summed E-state index contributed by atoms with van der Waals surface area (Å²) in [6, 6.07) is 0. The maximum absolute atomic E-state index is 5.07. The Balaban J connectivity index is 2.92. The zero-order valence-electron chi connectivity index (χ0n) is 4.22. The largest absolute Gasteiger partial charge is 0.379 e. The van der Waals surface area contributed by atoms with E-state index in [1.54, 1.807) is 18.4 Å². The first kappa shape index (κ1) is 6.24. The van der Waals surface area contributed by atoms with Gasteiger partial charge in [-0.25, -0.2) is 0 Å². The molecule has 0 heterocycles. The van der Waals surface area contributed by atoms with Crippen LogP contribution in [0.4, 0.5) is 0 Å². The van der Waals surface area contributed by atoms with Gasteiger partial charge >= 0.3 is 0 Å². The minimum atomic E-state index is 0.477. The van der Waals surface area contributed by atoms with Crippen molar-refractivity contribution in [2.24, 2.45) is 5.73 Å². The van der Waals surface area contributed by atoms with Gasteiger partial charge in [-0.1, -0.05) is 12.7 Å². The van der Waals surface area contributed by atoms with Crippen molar-refractivity contribution in [3.63, 3.8) is 0 Å². The van der Waals surface area contributed by atoms with Crippen molar-refractivity contribution in [1.29, 1.82) is 0 Å². The van der Waals surface area contributed by atoms with Gasteiger partial charge in [0.2, 0.25) is 0 Å². The Morgan fingerprint density at radius 3 is 2.86 bits per heavy atom. The second-order valence-corrected chi connectivity index (χ2v) is 1.00. The fourth-order valence-electron chi connectivity index (χ4n) is 0.204. The van der Waals surface area contributed by atoms with Gasteiger partial charge in [0.05, 0.1) is 6.67 Å². The van der Waals surface area contributed by atoms with Gasteiger partial charge in [0.15, 0.2) is 0 Å². The van der Waals surface area contributed by atoms with Gasteiger partial charge in [0, 0.05) is 0 Å². The van der Waals surface area contributed by atoms with Crippen LogP contribution in [0.25, 0.3) is 0 Å². The third-order valence-corrected chi connectivity index (χ3v) is 0.468.